The molecule has 16 heavy (non-hydrogen) atoms. The minimum Gasteiger partial charge on any atom is -0.480 e. The molecule has 0 aliphatic carbocycles. The molecule has 0 aromatic rings. The first-order chi connectivity index (χ1) is 7.61. The van der Waals surface area contributed by atoms with Gasteiger partial charge in [-0.15, -0.1) is 0 Å². The maximum atomic E-state index is 10.5. The molecule has 1 atom stereocenters. The lowest BCUT2D eigenvalue weighted by atomic mass is 10.2. The van der Waals surface area contributed by atoms with E-state index in [0.717, 1.165) is 26.2 Å². The molecule has 1 aliphatic heterocycles. The molecule has 0 bridgehead atoms. The van der Waals surface area contributed by atoms with E-state index >= 15 is 0 Å². The molecule has 1 fully saturated rings. The van der Waals surface area contributed by atoms with Gasteiger partial charge in [0.15, 0.2) is 0 Å². The maximum absolute atomic E-state index is 10.5. The highest BCUT2D eigenvalue weighted by atomic mass is 16.5. The zero-order chi connectivity index (χ0) is 12.0. The molecule has 1 unspecified atom stereocenters. The number of nitrogens with zero attached hydrogens (tertiary/aromatic N) is 2. The summed E-state index contributed by atoms with van der Waals surface area (Å²) in [4.78, 5) is 14.5. The van der Waals surface area contributed by atoms with Gasteiger partial charge in [0, 0.05) is 39.8 Å². The van der Waals surface area contributed by atoms with E-state index < -0.39 is 12.1 Å². The number of β-amino-alcohol motifs (C(OH)–C–C–N with tert-alkyl or cyclic N) is 1. The molecule has 1 saturated heterocycles. The van der Waals surface area contributed by atoms with Crippen molar-refractivity contribution in [1.82, 2.24) is 9.80 Å². The van der Waals surface area contributed by atoms with Crippen LogP contribution >= 0.6 is 0 Å². The standard InChI is InChI=1S/C10H20N2O4/c1-16-8-9(13)6-11-2-4-12(5-3-11)7-10(14)15/h9,13H,2-8H2,1H3,(H,14,15). The molecule has 2 N–H and O–H groups in total. The Morgan fingerprint density at radius 2 is 1.88 bits per heavy atom. The van der Waals surface area contributed by atoms with Crippen LogP contribution in [-0.4, -0.2) is 85.1 Å². The molecule has 94 valence electrons. The lowest BCUT2D eigenvalue weighted by molar-refractivity contribution is -0.138. The van der Waals surface area contributed by atoms with E-state index in [1.54, 1.807) is 7.11 Å². The normalized spacial score (nSPS) is 20.9. The molecular formula is C10H20N2O4. The quantitative estimate of drug-likeness (QED) is 0.593. The largest absolute Gasteiger partial charge is 0.480 e. The summed E-state index contributed by atoms with van der Waals surface area (Å²) in [6.45, 7) is 4.12. The Hall–Kier alpha value is -0.690. The van der Waals surface area contributed by atoms with Crippen molar-refractivity contribution in [3.05, 3.63) is 0 Å². The van der Waals surface area contributed by atoms with E-state index in [-0.39, 0.29) is 6.54 Å². The molecule has 6 nitrogen and oxygen atoms in total. The van der Waals surface area contributed by atoms with Gasteiger partial charge in [0.25, 0.3) is 0 Å². The SMILES string of the molecule is COCC(O)CN1CCN(CC(=O)O)CC1. The molecule has 0 aromatic carbocycles. The van der Waals surface area contributed by atoms with Gasteiger partial charge in [-0.1, -0.05) is 0 Å². The highest BCUT2D eigenvalue weighted by Gasteiger charge is 2.20. The van der Waals surface area contributed by atoms with Crippen LogP contribution in [0, 0.1) is 0 Å². The van der Waals surface area contributed by atoms with Gasteiger partial charge in [0.2, 0.25) is 0 Å². The summed E-state index contributed by atoms with van der Waals surface area (Å²) in [5, 5.41) is 18.2. The Bertz CT molecular complexity index is 217. The zero-order valence-electron chi connectivity index (χ0n) is 9.63. The molecule has 0 saturated carbocycles. The third kappa shape index (κ3) is 4.89. The number of methoxy groups -OCH3 is 1. The third-order valence-electron chi connectivity index (χ3n) is 2.65. The van der Waals surface area contributed by atoms with Gasteiger partial charge in [-0.05, 0) is 0 Å². The lowest BCUT2D eigenvalue weighted by Crippen LogP contribution is -2.50. The lowest BCUT2D eigenvalue weighted by Gasteiger charge is -2.34. The number of ether oxygens (including phenoxy) is 1. The molecule has 1 aliphatic rings. The number of carboxylic acids is 1. The maximum Gasteiger partial charge on any atom is 0.317 e. The second-order valence-corrected chi connectivity index (χ2v) is 4.08. The second kappa shape index (κ2) is 6.80. The minimum absolute atomic E-state index is 0.106. The Labute approximate surface area is 95.4 Å². The summed E-state index contributed by atoms with van der Waals surface area (Å²) < 4.78 is 4.85. The Balaban J connectivity index is 2.18. The number of aliphatic hydroxyl groups excluding tert-OH is 1. The molecule has 6 heteroatoms. The van der Waals surface area contributed by atoms with Crippen LogP contribution < -0.4 is 0 Å². The van der Waals surface area contributed by atoms with Crippen LogP contribution in [-0.2, 0) is 9.53 Å². The number of aliphatic hydroxyl groups is 1. The monoisotopic (exact) mass is 232 g/mol. The van der Waals surface area contributed by atoms with Crippen LogP contribution in [0.4, 0.5) is 0 Å². The van der Waals surface area contributed by atoms with Gasteiger partial charge < -0.3 is 14.9 Å². The average Bonchev–Trinajstić information content (AvgIpc) is 2.20. The van der Waals surface area contributed by atoms with Gasteiger partial charge in [-0.2, -0.15) is 0 Å². The average molecular weight is 232 g/mol. The number of aliphatic carboxylic acids is 1. The number of hydrogen-bond acceptors (Lipinski definition) is 5. The first-order valence-electron chi connectivity index (χ1n) is 5.45. The topological polar surface area (TPSA) is 73.2 Å². The van der Waals surface area contributed by atoms with E-state index in [9.17, 15) is 9.90 Å². The molecule has 0 amide bonds. The van der Waals surface area contributed by atoms with Crippen LogP contribution in [0.2, 0.25) is 0 Å². The molecule has 1 heterocycles. The summed E-state index contributed by atoms with van der Waals surface area (Å²) in [7, 11) is 1.56. The van der Waals surface area contributed by atoms with Gasteiger partial charge in [-0.3, -0.25) is 14.6 Å². The number of carbonyl (C=O) groups is 1. The van der Waals surface area contributed by atoms with Gasteiger partial charge in [0.05, 0.1) is 19.3 Å². The number of hydrogen-bond donors (Lipinski definition) is 2. The van der Waals surface area contributed by atoms with E-state index in [4.69, 9.17) is 9.84 Å². The second-order valence-electron chi connectivity index (χ2n) is 4.08. The Morgan fingerprint density at radius 1 is 1.31 bits per heavy atom. The van der Waals surface area contributed by atoms with Crippen molar-refractivity contribution in [2.75, 3.05) is 53.0 Å². The smallest absolute Gasteiger partial charge is 0.317 e. The van der Waals surface area contributed by atoms with Crippen molar-refractivity contribution in [3.8, 4) is 0 Å². The van der Waals surface area contributed by atoms with Gasteiger partial charge in [0.1, 0.15) is 0 Å². The van der Waals surface area contributed by atoms with Crippen LogP contribution in [0.15, 0.2) is 0 Å². The van der Waals surface area contributed by atoms with Gasteiger partial charge in [-0.25, -0.2) is 0 Å². The highest BCUT2D eigenvalue weighted by molar-refractivity contribution is 5.69. The van der Waals surface area contributed by atoms with Crippen molar-refractivity contribution >= 4 is 5.97 Å². The van der Waals surface area contributed by atoms with E-state index in [2.05, 4.69) is 4.90 Å². The molecule has 1 rings (SSSR count). The summed E-state index contributed by atoms with van der Waals surface area (Å²) in [6, 6.07) is 0. The van der Waals surface area contributed by atoms with E-state index in [1.807, 2.05) is 4.90 Å². The summed E-state index contributed by atoms with van der Waals surface area (Å²) in [6.07, 6.45) is -0.462. The predicted octanol–water partition coefficient (Wildman–Crippen LogP) is -1.30. The summed E-state index contributed by atoms with van der Waals surface area (Å²) >= 11 is 0. The minimum atomic E-state index is -0.784. The molecule has 0 spiro atoms. The molecular weight excluding hydrogens is 212 g/mol. The van der Waals surface area contributed by atoms with Crippen molar-refractivity contribution in [1.29, 1.82) is 0 Å². The van der Waals surface area contributed by atoms with E-state index in [0.29, 0.717) is 13.2 Å². The number of rotatable bonds is 6. The van der Waals surface area contributed by atoms with Crippen molar-refractivity contribution in [3.63, 3.8) is 0 Å². The third-order valence-corrected chi connectivity index (χ3v) is 2.65. The van der Waals surface area contributed by atoms with Crippen LogP contribution in [0.1, 0.15) is 0 Å². The Morgan fingerprint density at radius 3 is 2.38 bits per heavy atom. The van der Waals surface area contributed by atoms with Crippen molar-refractivity contribution in [2.45, 2.75) is 6.10 Å². The fourth-order valence-corrected chi connectivity index (χ4v) is 1.86. The van der Waals surface area contributed by atoms with Crippen LogP contribution in [0.25, 0.3) is 0 Å². The summed E-state index contributed by atoms with van der Waals surface area (Å²) in [5.74, 6) is -0.784. The zero-order valence-corrected chi connectivity index (χ0v) is 9.63. The fourth-order valence-electron chi connectivity index (χ4n) is 1.86. The molecule has 0 radical (unpaired) electrons. The fraction of sp³-hybridized carbons (Fsp3) is 0.900. The van der Waals surface area contributed by atoms with Crippen LogP contribution in [0.5, 0.6) is 0 Å². The molecule has 0 aromatic heterocycles. The van der Waals surface area contributed by atoms with Crippen molar-refractivity contribution < 1.29 is 19.7 Å². The number of carboxylic acid groups (broad SMARTS) is 1. The summed E-state index contributed by atoms with van der Waals surface area (Å²) in [5.41, 5.74) is 0. The van der Waals surface area contributed by atoms with Crippen molar-refractivity contribution in [2.24, 2.45) is 0 Å². The first-order valence-corrected chi connectivity index (χ1v) is 5.45. The predicted molar refractivity (Wildman–Crippen MR) is 58.4 cm³/mol. The first kappa shape index (κ1) is 13.4. The highest BCUT2D eigenvalue weighted by Crippen LogP contribution is 2.02. The number of piperazine rings is 1. The van der Waals surface area contributed by atoms with E-state index in [1.165, 1.54) is 0 Å². The van der Waals surface area contributed by atoms with Crippen LogP contribution in [0.3, 0.4) is 0 Å². The van der Waals surface area contributed by atoms with Gasteiger partial charge >= 0.3 is 5.97 Å². The Kier molecular flexibility index (Phi) is 5.68.